The molecule has 0 radical (unpaired) electrons. The zero-order chi connectivity index (χ0) is 16.7. The molecule has 1 atom stereocenters. The van der Waals surface area contributed by atoms with E-state index in [1.165, 1.54) is 19.3 Å². The molecule has 5 nitrogen and oxygen atoms in total. The van der Waals surface area contributed by atoms with Crippen molar-refractivity contribution in [1.82, 2.24) is 16.0 Å². The second-order valence-corrected chi connectivity index (χ2v) is 7.78. The summed E-state index contributed by atoms with van der Waals surface area (Å²) in [5.41, 5.74) is 0.173. The first kappa shape index (κ1) is 21.2. The zero-order valence-electron chi connectivity index (χ0n) is 15.2. The van der Waals surface area contributed by atoms with E-state index in [1.54, 1.807) is 6.92 Å². The van der Waals surface area contributed by atoms with Crippen molar-refractivity contribution in [2.75, 3.05) is 19.6 Å². The monoisotopic (exact) mass is 359 g/mol. The van der Waals surface area contributed by atoms with Gasteiger partial charge >= 0.3 is 0 Å². The molecule has 0 spiro atoms. The van der Waals surface area contributed by atoms with Crippen molar-refractivity contribution in [3.8, 4) is 0 Å². The van der Waals surface area contributed by atoms with Crippen molar-refractivity contribution in [1.29, 1.82) is 0 Å². The Balaban J connectivity index is 0.00000288. The number of amides is 2. The number of rotatable bonds is 6. The fourth-order valence-electron chi connectivity index (χ4n) is 3.68. The van der Waals surface area contributed by atoms with Crippen molar-refractivity contribution < 1.29 is 9.59 Å². The summed E-state index contributed by atoms with van der Waals surface area (Å²) in [6, 6.07) is -0.448. The molecule has 1 heterocycles. The molecule has 0 aromatic heterocycles. The van der Waals surface area contributed by atoms with E-state index in [-0.39, 0.29) is 29.6 Å². The number of hydrogen-bond acceptors (Lipinski definition) is 3. The Bertz CT molecular complexity index is 405. The van der Waals surface area contributed by atoms with Gasteiger partial charge in [-0.15, -0.1) is 12.4 Å². The van der Waals surface area contributed by atoms with Gasteiger partial charge in [0.25, 0.3) is 0 Å². The SMILES string of the molecule is CC(NC(=O)CC1CCCCC1)C(=O)NCC1(C)CCNCC1.Cl. The standard InChI is InChI=1S/C18H33N3O2.ClH/c1-14(21-16(22)12-15-6-4-3-5-7-15)17(23)20-13-18(2)8-10-19-11-9-18;/h14-15,19H,3-13H2,1-2H3,(H,20,23)(H,21,22);1H. The second-order valence-electron chi connectivity index (χ2n) is 7.78. The summed E-state index contributed by atoms with van der Waals surface area (Å²) in [4.78, 5) is 24.3. The highest BCUT2D eigenvalue weighted by atomic mass is 35.5. The molecule has 2 amide bonds. The van der Waals surface area contributed by atoms with Crippen LogP contribution in [0, 0.1) is 11.3 Å². The minimum Gasteiger partial charge on any atom is -0.354 e. The van der Waals surface area contributed by atoms with E-state index < -0.39 is 6.04 Å². The number of nitrogens with one attached hydrogen (secondary N) is 3. The van der Waals surface area contributed by atoms with E-state index in [2.05, 4.69) is 22.9 Å². The predicted molar refractivity (Wildman–Crippen MR) is 99.3 cm³/mol. The number of hydrogen-bond donors (Lipinski definition) is 3. The molecule has 1 aliphatic carbocycles. The van der Waals surface area contributed by atoms with Crippen LogP contribution in [0.1, 0.15) is 65.2 Å². The molecule has 0 aromatic rings. The van der Waals surface area contributed by atoms with Crippen LogP contribution < -0.4 is 16.0 Å². The fourth-order valence-corrected chi connectivity index (χ4v) is 3.68. The highest BCUT2D eigenvalue weighted by Gasteiger charge is 2.28. The van der Waals surface area contributed by atoms with Gasteiger partial charge in [-0.05, 0) is 57.0 Å². The Hall–Kier alpha value is -0.810. The van der Waals surface area contributed by atoms with Gasteiger partial charge in [-0.1, -0.05) is 26.2 Å². The van der Waals surface area contributed by atoms with Crippen molar-refractivity contribution in [3.63, 3.8) is 0 Å². The molecule has 1 unspecified atom stereocenters. The van der Waals surface area contributed by atoms with Crippen molar-refractivity contribution in [3.05, 3.63) is 0 Å². The van der Waals surface area contributed by atoms with Crippen LogP contribution in [-0.2, 0) is 9.59 Å². The molecule has 1 saturated carbocycles. The van der Waals surface area contributed by atoms with Gasteiger partial charge < -0.3 is 16.0 Å². The maximum atomic E-state index is 12.2. The lowest BCUT2D eigenvalue weighted by Crippen LogP contribution is -2.49. The summed E-state index contributed by atoms with van der Waals surface area (Å²) < 4.78 is 0. The molecule has 24 heavy (non-hydrogen) atoms. The van der Waals surface area contributed by atoms with Gasteiger partial charge in [0.2, 0.25) is 11.8 Å². The minimum atomic E-state index is -0.448. The first-order valence-electron chi connectivity index (χ1n) is 9.26. The predicted octanol–water partition coefficient (Wildman–Crippen LogP) is 2.39. The van der Waals surface area contributed by atoms with Gasteiger partial charge in [0.1, 0.15) is 6.04 Å². The Morgan fingerprint density at radius 1 is 1.17 bits per heavy atom. The third-order valence-electron chi connectivity index (χ3n) is 5.47. The molecular formula is C18H34ClN3O2. The fraction of sp³-hybridized carbons (Fsp3) is 0.889. The third kappa shape index (κ3) is 6.98. The summed E-state index contributed by atoms with van der Waals surface area (Å²) in [5, 5.41) is 9.23. The van der Waals surface area contributed by atoms with Gasteiger partial charge in [-0.25, -0.2) is 0 Å². The smallest absolute Gasteiger partial charge is 0.242 e. The molecule has 0 bridgehead atoms. The molecule has 1 saturated heterocycles. The maximum Gasteiger partial charge on any atom is 0.242 e. The summed E-state index contributed by atoms with van der Waals surface area (Å²) in [5.74, 6) is 0.460. The van der Waals surface area contributed by atoms with E-state index in [1.807, 2.05) is 0 Å². The van der Waals surface area contributed by atoms with E-state index in [0.29, 0.717) is 18.9 Å². The molecule has 2 rings (SSSR count). The lowest BCUT2D eigenvalue weighted by molar-refractivity contribution is -0.129. The largest absolute Gasteiger partial charge is 0.354 e. The first-order chi connectivity index (χ1) is 11.0. The van der Waals surface area contributed by atoms with Crippen LogP contribution in [-0.4, -0.2) is 37.5 Å². The Labute approximate surface area is 152 Å². The van der Waals surface area contributed by atoms with Crippen LogP contribution in [0.5, 0.6) is 0 Å². The quantitative estimate of drug-likeness (QED) is 0.682. The normalized spacial score (nSPS) is 22.1. The summed E-state index contributed by atoms with van der Waals surface area (Å²) in [7, 11) is 0. The van der Waals surface area contributed by atoms with Crippen molar-refractivity contribution in [2.45, 2.75) is 71.3 Å². The van der Waals surface area contributed by atoms with E-state index in [4.69, 9.17) is 0 Å². The van der Waals surface area contributed by atoms with Crippen LogP contribution in [0.2, 0.25) is 0 Å². The van der Waals surface area contributed by atoms with Gasteiger partial charge in [-0.3, -0.25) is 9.59 Å². The number of carbonyl (C=O) groups excluding carboxylic acids is 2. The number of halogens is 1. The lowest BCUT2D eigenvalue weighted by atomic mass is 9.81. The van der Waals surface area contributed by atoms with Crippen LogP contribution in [0.15, 0.2) is 0 Å². The summed E-state index contributed by atoms with van der Waals surface area (Å²) >= 11 is 0. The van der Waals surface area contributed by atoms with Crippen LogP contribution in [0.3, 0.4) is 0 Å². The Morgan fingerprint density at radius 2 is 1.79 bits per heavy atom. The number of carbonyl (C=O) groups is 2. The molecule has 2 fully saturated rings. The maximum absolute atomic E-state index is 12.2. The molecule has 0 aromatic carbocycles. The molecule has 3 N–H and O–H groups in total. The van der Waals surface area contributed by atoms with Gasteiger partial charge in [-0.2, -0.15) is 0 Å². The highest BCUT2D eigenvalue weighted by Crippen LogP contribution is 2.27. The van der Waals surface area contributed by atoms with Crippen LogP contribution in [0.25, 0.3) is 0 Å². The van der Waals surface area contributed by atoms with Crippen LogP contribution in [0.4, 0.5) is 0 Å². The highest BCUT2D eigenvalue weighted by molar-refractivity contribution is 5.87. The molecule has 6 heteroatoms. The second kappa shape index (κ2) is 10.2. The minimum absolute atomic E-state index is 0. The van der Waals surface area contributed by atoms with Crippen molar-refractivity contribution in [2.24, 2.45) is 11.3 Å². The number of piperidine rings is 1. The average molecular weight is 360 g/mol. The third-order valence-corrected chi connectivity index (χ3v) is 5.47. The summed E-state index contributed by atoms with van der Waals surface area (Å²) in [6.45, 7) is 6.72. The summed E-state index contributed by atoms with van der Waals surface area (Å²) in [6.07, 6.45) is 8.81. The molecule has 140 valence electrons. The lowest BCUT2D eigenvalue weighted by Gasteiger charge is -2.34. The van der Waals surface area contributed by atoms with Crippen molar-refractivity contribution >= 4 is 24.2 Å². The first-order valence-corrected chi connectivity index (χ1v) is 9.26. The van der Waals surface area contributed by atoms with Crippen LogP contribution >= 0.6 is 12.4 Å². The van der Waals surface area contributed by atoms with Gasteiger partial charge in [0.05, 0.1) is 0 Å². The van der Waals surface area contributed by atoms with Gasteiger partial charge in [0.15, 0.2) is 0 Å². The van der Waals surface area contributed by atoms with E-state index >= 15 is 0 Å². The van der Waals surface area contributed by atoms with E-state index in [0.717, 1.165) is 38.8 Å². The topological polar surface area (TPSA) is 70.2 Å². The molecule has 2 aliphatic rings. The Morgan fingerprint density at radius 3 is 2.42 bits per heavy atom. The van der Waals surface area contributed by atoms with E-state index in [9.17, 15) is 9.59 Å². The van der Waals surface area contributed by atoms with Gasteiger partial charge in [0, 0.05) is 13.0 Å². The zero-order valence-corrected chi connectivity index (χ0v) is 16.0. The average Bonchev–Trinajstić information content (AvgIpc) is 2.54. The molecule has 1 aliphatic heterocycles. The molecular weight excluding hydrogens is 326 g/mol. The Kier molecular flexibility index (Phi) is 9.06.